The Kier molecular flexibility index (Phi) is 4.98. The minimum absolute atomic E-state index is 0.0343. The average Bonchev–Trinajstić information content (AvgIpc) is 3.39. The molecule has 1 aromatic heterocycles. The molecule has 1 aliphatic rings. The van der Waals surface area contributed by atoms with Gasteiger partial charge in [-0.2, -0.15) is 0 Å². The Morgan fingerprint density at radius 2 is 2.00 bits per heavy atom. The maximum Gasteiger partial charge on any atom is 0.339 e. The summed E-state index contributed by atoms with van der Waals surface area (Å²) in [6.07, 6.45) is 3.40. The van der Waals surface area contributed by atoms with Crippen LogP contribution in [0.2, 0.25) is 0 Å². The molecular weight excluding hydrogens is 349 g/mol. The third-order valence-electron chi connectivity index (χ3n) is 4.44. The fraction of sp³-hybridized carbons (Fsp3) is 0.238. The Hall–Kier alpha value is -2.99. The highest BCUT2D eigenvalue weighted by molar-refractivity contribution is 5.96. The van der Waals surface area contributed by atoms with E-state index in [0.717, 1.165) is 12.8 Å². The van der Waals surface area contributed by atoms with Crippen LogP contribution in [0.5, 0.6) is 0 Å². The second-order valence-corrected chi connectivity index (χ2v) is 6.32. The van der Waals surface area contributed by atoms with Crippen LogP contribution in [0, 0.1) is 5.82 Å². The molecule has 0 aliphatic carbocycles. The molecule has 5 nitrogen and oxygen atoms in total. The Labute approximate surface area is 155 Å². The van der Waals surface area contributed by atoms with Crippen molar-refractivity contribution in [3.8, 4) is 22.8 Å². The second kappa shape index (κ2) is 7.72. The summed E-state index contributed by atoms with van der Waals surface area (Å²) in [7, 11) is 0. The maximum atomic E-state index is 13.1. The highest BCUT2D eigenvalue weighted by Crippen LogP contribution is 2.29. The van der Waals surface area contributed by atoms with E-state index in [4.69, 9.17) is 13.9 Å². The zero-order chi connectivity index (χ0) is 18.6. The van der Waals surface area contributed by atoms with Gasteiger partial charge in [-0.25, -0.2) is 14.2 Å². The Balaban J connectivity index is 1.55. The van der Waals surface area contributed by atoms with Gasteiger partial charge in [0.15, 0.2) is 5.76 Å². The summed E-state index contributed by atoms with van der Waals surface area (Å²) in [4.78, 5) is 16.8. The number of hydrogen-bond donors (Lipinski definition) is 0. The molecule has 0 spiro atoms. The minimum atomic E-state index is -0.442. The van der Waals surface area contributed by atoms with E-state index in [1.807, 2.05) is 0 Å². The van der Waals surface area contributed by atoms with Crippen LogP contribution in [0.15, 0.2) is 59.1 Å². The zero-order valence-corrected chi connectivity index (χ0v) is 14.6. The summed E-state index contributed by atoms with van der Waals surface area (Å²) in [6, 6.07) is 12.9. The lowest BCUT2D eigenvalue weighted by Crippen LogP contribution is -2.18. The molecule has 0 saturated carbocycles. The molecule has 3 aromatic rings. The molecule has 0 amide bonds. The van der Waals surface area contributed by atoms with Crippen molar-refractivity contribution in [2.75, 3.05) is 13.2 Å². The molecule has 2 aromatic carbocycles. The lowest BCUT2D eigenvalue weighted by atomic mass is 10.1. The summed E-state index contributed by atoms with van der Waals surface area (Å²) in [5.41, 5.74) is 1.62. The van der Waals surface area contributed by atoms with E-state index in [9.17, 15) is 9.18 Å². The van der Waals surface area contributed by atoms with E-state index >= 15 is 0 Å². The van der Waals surface area contributed by atoms with Crippen molar-refractivity contribution in [1.82, 2.24) is 4.98 Å². The topological polar surface area (TPSA) is 61.6 Å². The predicted molar refractivity (Wildman–Crippen MR) is 96.6 cm³/mol. The van der Waals surface area contributed by atoms with Gasteiger partial charge < -0.3 is 13.9 Å². The van der Waals surface area contributed by atoms with E-state index in [1.165, 1.54) is 12.1 Å². The zero-order valence-electron chi connectivity index (χ0n) is 14.6. The molecule has 1 atom stereocenters. The number of benzene rings is 2. The van der Waals surface area contributed by atoms with Crippen LogP contribution in [0.3, 0.4) is 0 Å². The number of nitrogens with zero attached hydrogens (tertiary/aromatic N) is 1. The number of hydrogen-bond acceptors (Lipinski definition) is 5. The molecule has 0 unspecified atom stereocenters. The number of rotatable bonds is 5. The van der Waals surface area contributed by atoms with Crippen LogP contribution >= 0.6 is 0 Å². The number of ether oxygens (including phenoxy) is 2. The van der Waals surface area contributed by atoms with Crippen molar-refractivity contribution in [3.63, 3.8) is 0 Å². The van der Waals surface area contributed by atoms with Crippen LogP contribution in [0.25, 0.3) is 22.8 Å². The van der Waals surface area contributed by atoms with Crippen molar-refractivity contribution in [1.29, 1.82) is 0 Å². The molecule has 1 aliphatic heterocycles. The van der Waals surface area contributed by atoms with Crippen molar-refractivity contribution < 1.29 is 23.1 Å². The summed E-state index contributed by atoms with van der Waals surface area (Å²) in [5, 5.41) is 0. The fourth-order valence-electron chi connectivity index (χ4n) is 3.02. The van der Waals surface area contributed by atoms with Gasteiger partial charge in [0.1, 0.15) is 12.4 Å². The number of esters is 1. The van der Waals surface area contributed by atoms with Crippen LogP contribution in [0.1, 0.15) is 23.2 Å². The number of carbonyl (C=O) groups excluding carboxylic acids is 1. The van der Waals surface area contributed by atoms with Gasteiger partial charge in [0.2, 0.25) is 5.89 Å². The average molecular weight is 367 g/mol. The summed E-state index contributed by atoms with van der Waals surface area (Å²) >= 11 is 0. The van der Waals surface area contributed by atoms with Gasteiger partial charge in [-0.15, -0.1) is 0 Å². The van der Waals surface area contributed by atoms with Gasteiger partial charge in [-0.05, 0) is 49.2 Å². The second-order valence-electron chi connectivity index (χ2n) is 6.32. The lowest BCUT2D eigenvalue weighted by Gasteiger charge is -2.11. The molecule has 4 rings (SSSR count). The fourth-order valence-corrected chi connectivity index (χ4v) is 3.02. The molecule has 27 heavy (non-hydrogen) atoms. The quantitative estimate of drug-likeness (QED) is 0.622. The number of oxazole rings is 1. The first-order chi connectivity index (χ1) is 13.2. The van der Waals surface area contributed by atoms with Crippen molar-refractivity contribution >= 4 is 5.97 Å². The first kappa shape index (κ1) is 17.4. The molecule has 138 valence electrons. The van der Waals surface area contributed by atoms with Crippen LogP contribution in [-0.2, 0) is 9.47 Å². The lowest BCUT2D eigenvalue weighted by molar-refractivity contribution is 0.0162. The smallest absolute Gasteiger partial charge is 0.339 e. The molecule has 0 radical (unpaired) electrons. The molecule has 2 heterocycles. The van der Waals surface area contributed by atoms with Crippen molar-refractivity contribution in [2.24, 2.45) is 0 Å². The SMILES string of the molecule is O=C(OC[C@@H]1CCCO1)c1ccccc1-c1ncc(-c2ccc(F)cc2)o1. The third kappa shape index (κ3) is 3.90. The molecule has 1 fully saturated rings. The van der Waals surface area contributed by atoms with Gasteiger partial charge in [-0.1, -0.05) is 12.1 Å². The van der Waals surface area contributed by atoms with Crippen LogP contribution < -0.4 is 0 Å². The molecule has 0 N–H and O–H groups in total. The van der Waals surface area contributed by atoms with Gasteiger partial charge in [-0.3, -0.25) is 0 Å². The standard InChI is InChI=1S/C21H18FNO4/c22-15-9-7-14(8-10-15)19-12-23-20(27-19)17-5-1-2-6-18(17)21(24)26-13-16-4-3-11-25-16/h1-2,5-10,12,16H,3-4,11,13H2/t16-/m0/s1. The van der Waals surface area contributed by atoms with Crippen molar-refractivity contribution in [3.05, 3.63) is 66.1 Å². The molecule has 6 heteroatoms. The van der Waals surface area contributed by atoms with E-state index in [0.29, 0.717) is 34.9 Å². The van der Waals surface area contributed by atoms with Gasteiger partial charge in [0.25, 0.3) is 0 Å². The van der Waals surface area contributed by atoms with E-state index in [-0.39, 0.29) is 18.5 Å². The van der Waals surface area contributed by atoms with E-state index in [1.54, 1.807) is 42.6 Å². The number of carbonyl (C=O) groups is 1. The van der Waals surface area contributed by atoms with Crippen LogP contribution in [-0.4, -0.2) is 30.3 Å². The highest BCUT2D eigenvalue weighted by atomic mass is 19.1. The Morgan fingerprint density at radius 3 is 2.78 bits per heavy atom. The van der Waals surface area contributed by atoms with Crippen LogP contribution in [0.4, 0.5) is 4.39 Å². The molecule has 0 bridgehead atoms. The number of halogens is 1. The first-order valence-electron chi connectivity index (χ1n) is 8.80. The maximum absolute atomic E-state index is 13.1. The highest BCUT2D eigenvalue weighted by Gasteiger charge is 2.21. The summed E-state index contributed by atoms with van der Waals surface area (Å²) in [6.45, 7) is 0.945. The normalized spacial score (nSPS) is 16.4. The monoisotopic (exact) mass is 367 g/mol. The minimum Gasteiger partial charge on any atom is -0.459 e. The summed E-state index contributed by atoms with van der Waals surface area (Å²) in [5.74, 6) is 0.0342. The van der Waals surface area contributed by atoms with E-state index < -0.39 is 5.97 Å². The third-order valence-corrected chi connectivity index (χ3v) is 4.44. The molecular formula is C21H18FNO4. The predicted octanol–water partition coefficient (Wildman–Crippen LogP) is 4.48. The largest absolute Gasteiger partial charge is 0.459 e. The Bertz CT molecular complexity index is 929. The molecule has 1 saturated heterocycles. The summed E-state index contributed by atoms with van der Waals surface area (Å²) < 4.78 is 29.8. The number of aromatic nitrogens is 1. The van der Waals surface area contributed by atoms with Gasteiger partial charge in [0, 0.05) is 12.2 Å². The first-order valence-corrected chi connectivity index (χ1v) is 8.80. The Morgan fingerprint density at radius 1 is 1.19 bits per heavy atom. The van der Waals surface area contributed by atoms with Gasteiger partial charge >= 0.3 is 5.97 Å². The van der Waals surface area contributed by atoms with Gasteiger partial charge in [0.05, 0.1) is 23.4 Å². The van der Waals surface area contributed by atoms with E-state index in [2.05, 4.69) is 4.98 Å². The van der Waals surface area contributed by atoms with Crippen molar-refractivity contribution in [2.45, 2.75) is 18.9 Å².